The van der Waals surface area contributed by atoms with Crippen molar-refractivity contribution in [3.05, 3.63) is 0 Å². The Morgan fingerprint density at radius 2 is 2.06 bits per heavy atom. The van der Waals surface area contributed by atoms with Gasteiger partial charge < -0.3 is 10.2 Å². The molecule has 1 rings (SSSR count). The first-order valence-electron chi connectivity index (χ1n) is 7.26. The number of hydrogen-bond acceptors (Lipinski definition) is 2. The van der Waals surface area contributed by atoms with Crippen molar-refractivity contribution >= 4 is 0 Å². The van der Waals surface area contributed by atoms with Gasteiger partial charge in [0.05, 0.1) is 0 Å². The normalized spacial score (nSPS) is 22.5. The lowest BCUT2D eigenvalue weighted by Gasteiger charge is -2.30. The van der Waals surface area contributed by atoms with Crippen molar-refractivity contribution in [2.45, 2.75) is 52.4 Å². The van der Waals surface area contributed by atoms with Crippen LogP contribution in [0, 0.1) is 5.92 Å². The van der Waals surface area contributed by atoms with Crippen molar-refractivity contribution in [1.82, 2.24) is 10.2 Å². The first-order valence-corrected chi connectivity index (χ1v) is 7.26. The van der Waals surface area contributed by atoms with Gasteiger partial charge in [0.25, 0.3) is 0 Å². The molecule has 1 unspecified atom stereocenters. The van der Waals surface area contributed by atoms with Gasteiger partial charge >= 0.3 is 0 Å². The van der Waals surface area contributed by atoms with E-state index in [9.17, 15) is 0 Å². The van der Waals surface area contributed by atoms with Gasteiger partial charge in [0.15, 0.2) is 0 Å². The molecule has 0 spiro atoms. The average Bonchev–Trinajstić information content (AvgIpc) is 2.28. The fraction of sp³-hybridized carbons (Fsp3) is 1.00. The molecule has 1 fully saturated rings. The molecular weight excluding hydrogens is 196 g/mol. The van der Waals surface area contributed by atoms with Crippen LogP contribution in [0.15, 0.2) is 0 Å². The maximum atomic E-state index is 3.56. The fourth-order valence-electron chi connectivity index (χ4n) is 2.53. The molecule has 1 aliphatic rings. The van der Waals surface area contributed by atoms with Crippen LogP contribution < -0.4 is 5.32 Å². The van der Waals surface area contributed by atoms with Gasteiger partial charge in [0.2, 0.25) is 0 Å². The Labute approximate surface area is 102 Å². The van der Waals surface area contributed by atoms with Gasteiger partial charge in [0, 0.05) is 19.6 Å². The summed E-state index contributed by atoms with van der Waals surface area (Å²) in [5, 5.41) is 3.56. The van der Waals surface area contributed by atoms with Crippen LogP contribution in [0.2, 0.25) is 0 Å². The van der Waals surface area contributed by atoms with Crippen LogP contribution in [-0.2, 0) is 0 Å². The summed E-state index contributed by atoms with van der Waals surface area (Å²) in [6.07, 6.45) is 8.31. The van der Waals surface area contributed by atoms with Crippen LogP contribution >= 0.6 is 0 Å². The van der Waals surface area contributed by atoms with Gasteiger partial charge in [0.1, 0.15) is 0 Å². The van der Waals surface area contributed by atoms with Crippen molar-refractivity contribution in [3.8, 4) is 0 Å². The molecule has 2 heteroatoms. The second-order valence-electron chi connectivity index (χ2n) is 5.36. The third-order valence-corrected chi connectivity index (χ3v) is 3.55. The number of nitrogens with zero attached hydrogens (tertiary/aromatic N) is 1. The number of piperidine rings is 1. The SMILES string of the molecule is CCCCCCNCCN1CCCC(C)C1. The number of rotatable bonds is 8. The minimum atomic E-state index is 0.915. The van der Waals surface area contributed by atoms with Crippen LogP contribution in [0.5, 0.6) is 0 Å². The molecule has 0 saturated carbocycles. The molecule has 0 aromatic carbocycles. The summed E-state index contributed by atoms with van der Waals surface area (Å²) in [5.74, 6) is 0.915. The van der Waals surface area contributed by atoms with E-state index < -0.39 is 0 Å². The Bertz CT molecular complexity index is 159. The van der Waals surface area contributed by atoms with Crippen molar-refractivity contribution in [1.29, 1.82) is 0 Å². The Kier molecular flexibility index (Phi) is 7.87. The van der Waals surface area contributed by atoms with Crippen molar-refractivity contribution in [2.75, 3.05) is 32.7 Å². The van der Waals surface area contributed by atoms with Crippen LogP contribution in [-0.4, -0.2) is 37.6 Å². The second-order valence-corrected chi connectivity index (χ2v) is 5.36. The lowest BCUT2D eigenvalue weighted by Crippen LogP contribution is -2.39. The maximum absolute atomic E-state index is 3.56. The molecule has 0 aliphatic carbocycles. The minimum Gasteiger partial charge on any atom is -0.315 e. The molecule has 0 aromatic heterocycles. The smallest absolute Gasteiger partial charge is 0.0107 e. The topological polar surface area (TPSA) is 15.3 Å². The van der Waals surface area contributed by atoms with E-state index >= 15 is 0 Å². The highest BCUT2D eigenvalue weighted by atomic mass is 15.1. The highest BCUT2D eigenvalue weighted by molar-refractivity contribution is 4.70. The molecule has 2 nitrogen and oxygen atoms in total. The number of likely N-dealkylation sites (tertiary alicyclic amines) is 1. The zero-order valence-corrected chi connectivity index (χ0v) is 11.3. The van der Waals surface area contributed by atoms with E-state index in [1.54, 1.807) is 0 Å². The predicted molar refractivity (Wildman–Crippen MR) is 71.8 cm³/mol. The molecule has 0 radical (unpaired) electrons. The first kappa shape index (κ1) is 14.0. The summed E-state index contributed by atoms with van der Waals surface area (Å²) < 4.78 is 0. The van der Waals surface area contributed by atoms with Gasteiger partial charge in [-0.1, -0.05) is 33.1 Å². The molecular formula is C14H30N2. The van der Waals surface area contributed by atoms with E-state index in [0.717, 1.165) is 5.92 Å². The summed E-state index contributed by atoms with van der Waals surface area (Å²) in [6.45, 7) is 10.9. The lowest BCUT2D eigenvalue weighted by molar-refractivity contribution is 0.184. The van der Waals surface area contributed by atoms with Crippen LogP contribution in [0.25, 0.3) is 0 Å². The van der Waals surface area contributed by atoms with Gasteiger partial charge in [-0.2, -0.15) is 0 Å². The van der Waals surface area contributed by atoms with E-state index in [4.69, 9.17) is 0 Å². The largest absolute Gasteiger partial charge is 0.315 e. The van der Waals surface area contributed by atoms with Crippen molar-refractivity contribution < 1.29 is 0 Å². The zero-order chi connectivity index (χ0) is 11.6. The quantitative estimate of drug-likeness (QED) is 0.640. The molecule has 0 amide bonds. The van der Waals surface area contributed by atoms with Crippen LogP contribution in [0.4, 0.5) is 0 Å². The van der Waals surface area contributed by atoms with E-state index in [1.165, 1.54) is 71.2 Å². The van der Waals surface area contributed by atoms with Gasteiger partial charge in [-0.25, -0.2) is 0 Å². The van der Waals surface area contributed by atoms with E-state index in [0.29, 0.717) is 0 Å². The molecule has 16 heavy (non-hydrogen) atoms. The zero-order valence-electron chi connectivity index (χ0n) is 11.3. The van der Waals surface area contributed by atoms with Gasteiger partial charge in [-0.15, -0.1) is 0 Å². The summed E-state index contributed by atoms with van der Waals surface area (Å²) in [7, 11) is 0. The molecule has 0 bridgehead atoms. The summed E-state index contributed by atoms with van der Waals surface area (Å²) in [5.41, 5.74) is 0. The van der Waals surface area contributed by atoms with Gasteiger partial charge in [-0.05, 0) is 38.3 Å². The number of unbranched alkanes of at least 4 members (excludes halogenated alkanes) is 3. The van der Waals surface area contributed by atoms with Gasteiger partial charge in [-0.3, -0.25) is 0 Å². The average molecular weight is 226 g/mol. The second kappa shape index (κ2) is 9.00. The number of nitrogens with one attached hydrogen (secondary N) is 1. The Morgan fingerprint density at radius 3 is 2.81 bits per heavy atom. The lowest BCUT2D eigenvalue weighted by atomic mass is 10.0. The molecule has 0 aromatic rings. The van der Waals surface area contributed by atoms with Crippen LogP contribution in [0.3, 0.4) is 0 Å². The Hall–Kier alpha value is -0.0800. The van der Waals surface area contributed by atoms with E-state index in [2.05, 4.69) is 24.1 Å². The van der Waals surface area contributed by atoms with E-state index in [1.807, 2.05) is 0 Å². The summed E-state index contributed by atoms with van der Waals surface area (Å²) >= 11 is 0. The standard InChI is InChI=1S/C14H30N2/c1-3-4-5-6-9-15-10-12-16-11-7-8-14(2)13-16/h14-15H,3-13H2,1-2H3. The molecule has 1 saturated heterocycles. The minimum absolute atomic E-state index is 0.915. The Morgan fingerprint density at radius 1 is 1.19 bits per heavy atom. The Balaban J connectivity index is 1.86. The molecule has 1 heterocycles. The third-order valence-electron chi connectivity index (χ3n) is 3.55. The monoisotopic (exact) mass is 226 g/mol. The van der Waals surface area contributed by atoms with Crippen molar-refractivity contribution in [2.24, 2.45) is 5.92 Å². The summed E-state index contributed by atoms with van der Waals surface area (Å²) in [6, 6.07) is 0. The molecule has 96 valence electrons. The highest BCUT2D eigenvalue weighted by Crippen LogP contribution is 2.14. The third kappa shape index (κ3) is 6.49. The summed E-state index contributed by atoms with van der Waals surface area (Å²) in [4.78, 5) is 2.62. The maximum Gasteiger partial charge on any atom is 0.0107 e. The molecule has 1 aliphatic heterocycles. The van der Waals surface area contributed by atoms with E-state index in [-0.39, 0.29) is 0 Å². The number of hydrogen-bond donors (Lipinski definition) is 1. The van der Waals surface area contributed by atoms with Crippen LogP contribution in [0.1, 0.15) is 52.4 Å². The molecule has 1 N–H and O–H groups in total. The molecule has 1 atom stereocenters. The fourth-order valence-corrected chi connectivity index (χ4v) is 2.53. The highest BCUT2D eigenvalue weighted by Gasteiger charge is 2.14. The first-order chi connectivity index (χ1) is 7.83. The van der Waals surface area contributed by atoms with Crippen molar-refractivity contribution in [3.63, 3.8) is 0 Å². The predicted octanol–water partition coefficient (Wildman–Crippen LogP) is 2.89.